The second-order valence-corrected chi connectivity index (χ2v) is 7.97. The molecule has 3 rings (SSSR count). The summed E-state index contributed by atoms with van der Waals surface area (Å²) in [6.45, 7) is 0.190. The van der Waals surface area contributed by atoms with Crippen LogP contribution in [0.25, 0.3) is 10.9 Å². The monoisotopic (exact) mass is 463 g/mol. The predicted molar refractivity (Wildman–Crippen MR) is 110 cm³/mol. The van der Waals surface area contributed by atoms with E-state index in [2.05, 4.69) is 26.2 Å². The van der Waals surface area contributed by atoms with Gasteiger partial charge in [0.05, 0.1) is 36.8 Å². The van der Waals surface area contributed by atoms with Gasteiger partial charge in [0, 0.05) is 22.3 Å². The second kappa shape index (κ2) is 9.11. The summed E-state index contributed by atoms with van der Waals surface area (Å²) in [4.78, 5) is 41.8. The first-order valence-electron chi connectivity index (χ1n) is 8.52. The van der Waals surface area contributed by atoms with Crippen LogP contribution < -0.4 is 10.9 Å². The van der Waals surface area contributed by atoms with Crippen LogP contribution >= 0.6 is 27.3 Å². The normalized spacial score (nSPS) is 11.9. The first-order chi connectivity index (χ1) is 13.5. The van der Waals surface area contributed by atoms with Gasteiger partial charge < -0.3 is 10.1 Å². The molecule has 0 fully saturated rings. The molecule has 0 bridgehead atoms. The molecule has 1 N–H and O–H groups in total. The number of fused-ring (bicyclic) bond motifs is 1. The predicted octanol–water partition coefficient (Wildman–Crippen LogP) is 3.03. The Kier molecular flexibility index (Phi) is 6.58. The van der Waals surface area contributed by atoms with Gasteiger partial charge in [-0.05, 0) is 29.6 Å². The third-order valence-corrected chi connectivity index (χ3v) is 5.67. The van der Waals surface area contributed by atoms with Gasteiger partial charge in [-0.2, -0.15) is 0 Å². The van der Waals surface area contributed by atoms with Crippen molar-refractivity contribution in [1.82, 2.24) is 14.9 Å². The zero-order valence-electron chi connectivity index (χ0n) is 15.1. The van der Waals surface area contributed by atoms with Crippen LogP contribution in [0.5, 0.6) is 0 Å². The van der Waals surface area contributed by atoms with Crippen LogP contribution in [0.4, 0.5) is 0 Å². The highest BCUT2D eigenvalue weighted by molar-refractivity contribution is 9.10. The molecule has 1 amide bonds. The lowest BCUT2D eigenvalue weighted by Crippen LogP contribution is -2.31. The molecule has 2 aromatic heterocycles. The highest BCUT2D eigenvalue weighted by atomic mass is 79.9. The van der Waals surface area contributed by atoms with Gasteiger partial charge in [0.2, 0.25) is 5.91 Å². The number of aromatic nitrogens is 2. The van der Waals surface area contributed by atoms with Crippen molar-refractivity contribution in [3.05, 3.63) is 61.7 Å². The summed E-state index contributed by atoms with van der Waals surface area (Å²) in [5.74, 6) is -0.664. The van der Waals surface area contributed by atoms with Crippen molar-refractivity contribution in [3.8, 4) is 0 Å². The van der Waals surface area contributed by atoms with Crippen molar-refractivity contribution < 1.29 is 14.3 Å². The Bertz CT molecular complexity index is 1050. The van der Waals surface area contributed by atoms with Crippen molar-refractivity contribution in [2.75, 3.05) is 7.11 Å². The van der Waals surface area contributed by atoms with Gasteiger partial charge >= 0.3 is 5.97 Å². The number of esters is 1. The fourth-order valence-electron chi connectivity index (χ4n) is 2.74. The molecule has 1 atom stereocenters. The largest absolute Gasteiger partial charge is 0.469 e. The highest BCUT2D eigenvalue weighted by Crippen LogP contribution is 2.22. The summed E-state index contributed by atoms with van der Waals surface area (Å²) in [7, 11) is 1.31. The molecular weight excluding hydrogens is 446 g/mol. The number of methoxy groups -OCH3 is 1. The number of carbonyl (C=O) groups excluding carboxylic acids is 2. The summed E-state index contributed by atoms with van der Waals surface area (Å²) < 4.78 is 6.91. The number of ether oxygens (including phenoxy) is 1. The molecule has 7 nitrogen and oxygen atoms in total. The van der Waals surface area contributed by atoms with Crippen molar-refractivity contribution >= 4 is 50.0 Å². The summed E-state index contributed by atoms with van der Waals surface area (Å²) >= 11 is 4.80. The molecule has 0 radical (unpaired) electrons. The molecule has 0 aliphatic carbocycles. The van der Waals surface area contributed by atoms with E-state index in [0.717, 1.165) is 9.35 Å². The van der Waals surface area contributed by atoms with E-state index < -0.39 is 12.0 Å². The SMILES string of the molecule is COC(=O)CC(NC(=O)CCn1cnc2ccc(Br)cc2c1=O)c1cccs1. The number of amides is 1. The van der Waals surface area contributed by atoms with E-state index in [4.69, 9.17) is 4.74 Å². The number of nitrogens with zero attached hydrogens (tertiary/aromatic N) is 2. The third kappa shape index (κ3) is 4.85. The number of nitrogens with one attached hydrogen (secondary N) is 1. The lowest BCUT2D eigenvalue weighted by atomic mass is 10.1. The number of hydrogen-bond acceptors (Lipinski definition) is 6. The molecule has 1 aromatic carbocycles. The maximum Gasteiger partial charge on any atom is 0.307 e. The number of halogens is 1. The first kappa shape index (κ1) is 20.2. The van der Waals surface area contributed by atoms with Gasteiger partial charge in [-0.1, -0.05) is 22.0 Å². The van der Waals surface area contributed by atoms with Gasteiger partial charge in [-0.25, -0.2) is 4.98 Å². The average molecular weight is 464 g/mol. The molecule has 0 spiro atoms. The van der Waals surface area contributed by atoms with E-state index in [0.29, 0.717) is 10.9 Å². The Hall–Kier alpha value is -2.52. The minimum Gasteiger partial charge on any atom is -0.469 e. The Balaban J connectivity index is 1.69. The van der Waals surface area contributed by atoms with Gasteiger partial charge in [-0.15, -0.1) is 11.3 Å². The van der Waals surface area contributed by atoms with E-state index in [-0.39, 0.29) is 30.9 Å². The average Bonchev–Trinajstić information content (AvgIpc) is 3.22. The van der Waals surface area contributed by atoms with Gasteiger partial charge in [0.15, 0.2) is 0 Å². The van der Waals surface area contributed by atoms with E-state index >= 15 is 0 Å². The molecule has 0 saturated carbocycles. The van der Waals surface area contributed by atoms with Crippen LogP contribution in [-0.4, -0.2) is 28.5 Å². The molecule has 146 valence electrons. The van der Waals surface area contributed by atoms with Crippen LogP contribution in [0, 0.1) is 0 Å². The van der Waals surface area contributed by atoms with Crippen molar-refractivity contribution in [2.45, 2.75) is 25.4 Å². The molecule has 0 aliphatic rings. The zero-order chi connectivity index (χ0) is 20.1. The summed E-state index contributed by atoms with van der Waals surface area (Å²) in [6, 6.07) is 8.55. The molecule has 9 heteroatoms. The maximum atomic E-state index is 12.6. The van der Waals surface area contributed by atoms with Crippen LogP contribution in [0.15, 0.2) is 51.3 Å². The van der Waals surface area contributed by atoms with E-state index in [1.54, 1.807) is 12.1 Å². The number of thiophene rings is 1. The van der Waals surface area contributed by atoms with Crippen LogP contribution in [0.1, 0.15) is 23.8 Å². The van der Waals surface area contributed by atoms with Crippen molar-refractivity contribution in [1.29, 1.82) is 0 Å². The minimum atomic E-state index is -0.456. The zero-order valence-corrected chi connectivity index (χ0v) is 17.5. The van der Waals surface area contributed by atoms with E-state index in [9.17, 15) is 14.4 Å². The number of carbonyl (C=O) groups is 2. The second-order valence-electron chi connectivity index (χ2n) is 6.07. The number of aryl methyl sites for hydroxylation is 1. The first-order valence-corrected chi connectivity index (χ1v) is 10.2. The van der Waals surface area contributed by atoms with E-state index in [1.165, 1.54) is 29.3 Å². The quantitative estimate of drug-likeness (QED) is 0.543. The van der Waals surface area contributed by atoms with Gasteiger partial charge in [0.1, 0.15) is 0 Å². The van der Waals surface area contributed by atoms with Crippen LogP contribution in [0.2, 0.25) is 0 Å². The standard InChI is InChI=1S/C19H18BrN3O4S/c1-27-18(25)10-15(16-3-2-8-28-16)22-17(24)6-7-23-11-21-14-5-4-12(20)9-13(14)19(23)26/h2-5,8-9,11,15H,6-7,10H2,1H3,(H,22,24). The molecule has 0 saturated heterocycles. The molecule has 2 heterocycles. The Morgan fingerprint density at radius 1 is 1.36 bits per heavy atom. The van der Waals surface area contributed by atoms with Crippen LogP contribution in [0.3, 0.4) is 0 Å². The fraction of sp³-hybridized carbons (Fsp3) is 0.263. The van der Waals surface area contributed by atoms with Gasteiger partial charge in [0.25, 0.3) is 5.56 Å². The fourth-order valence-corrected chi connectivity index (χ4v) is 3.88. The topological polar surface area (TPSA) is 90.3 Å². The molecular formula is C19H18BrN3O4S. The Morgan fingerprint density at radius 2 is 2.18 bits per heavy atom. The van der Waals surface area contributed by atoms with Gasteiger partial charge in [-0.3, -0.25) is 19.0 Å². The molecule has 3 aromatic rings. The van der Waals surface area contributed by atoms with Crippen LogP contribution in [-0.2, 0) is 20.9 Å². The maximum absolute atomic E-state index is 12.6. The minimum absolute atomic E-state index is 0.0499. The molecule has 1 unspecified atom stereocenters. The van der Waals surface area contributed by atoms with E-state index in [1.807, 2.05) is 23.6 Å². The smallest absolute Gasteiger partial charge is 0.307 e. The summed E-state index contributed by atoms with van der Waals surface area (Å²) in [6.07, 6.45) is 1.58. The summed E-state index contributed by atoms with van der Waals surface area (Å²) in [5.41, 5.74) is 0.396. The van der Waals surface area contributed by atoms with Crippen molar-refractivity contribution in [3.63, 3.8) is 0 Å². The summed E-state index contributed by atoms with van der Waals surface area (Å²) in [5, 5.41) is 5.21. The Morgan fingerprint density at radius 3 is 2.89 bits per heavy atom. The lowest BCUT2D eigenvalue weighted by molar-refractivity contribution is -0.141. The number of hydrogen-bond donors (Lipinski definition) is 1. The highest BCUT2D eigenvalue weighted by Gasteiger charge is 2.20. The Labute approximate surface area is 173 Å². The molecule has 0 aliphatic heterocycles. The molecule has 28 heavy (non-hydrogen) atoms. The van der Waals surface area contributed by atoms with Crippen molar-refractivity contribution in [2.24, 2.45) is 0 Å². The number of benzene rings is 1. The number of rotatable bonds is 7. The third-order valence-electron chi connectivity index (χ3n) is 4.19. The lowest BCUT2D eigenvalue weighted by Gasteiger charge is -2.16.